The van der Waals surface area contributed by atoms with Crippen molar-refractivity contribution < 1.29 is 18.1 Å². The second-order valence-corrected chi connectivity index (χ2v) is 13.7. The first-order valence-corrected chi connectivity index (χ1v) is 19.4. The van der Waals surface area contributed by atoms with Crippen molar-refractivity contribution in [2.75, 3.05) is 6.61 Å². The van der Waals surface area contributed by atoms with Crippen LogP contribution in [0.3, 0.4) is 0 Å². The molecule has 0 N–H and O–H groups in total. The molecule has 0 amide bonds. The number of benzene rings is 2. The van der Waals surface area contributed by atoms with Crippen LogP contribution in [-0.2, 0) is 21.9 Å². The molecule has 0 heterocycles. The summed E-state index contributed by atoms with van der Waals surface area (Å²) in [6.07, 6.45) is 29.0. The minimum Gasteiger partial charge on any atom is -0.395 e. The van der Waals surface area contributed by atoms with Gasteiger partial charge in [0.15, 0.2) is 0 Å². The van der Waals surface area contributed by atoms with Crippen LogP contribution >= 0.6 is 7.82 Å². The van der Waals surface area contributed by atoms with Crippen molar-refractivity contribution in [3.63, 3.8) is 0 Å². The highest BCUT2D eigenvalue weighted by Gasteiger charge is 2.30. The molecule has 244 valence electrons. The van der Waals surface area contributed by atoms with Crippen molar-refractivity contribution in [1.82, 2.24) is 0 Å². The van der Waals surface area contributed by atoms with E-state index in [4.69, 9.17) is 13.6 Å². The SMILES string of the molecule is CCCCCCCCCCCCc1ccc(OP(=O)(OCC)Oc2ccc(CCCCCCCCCCCC)cc2)cc1. The Morgan fingerprint density at radius 3 is 1.05 bits per heavy atom. The summed E-state index contributed by atoms with van der Waals surface area (Å²) in [6, 6.07) is 15.7. The first kappa shape index (κ1) is 37.4. The first-order chi connectivity index (χ1) is 21.1. The van der Waals surface area contributed by atoms with Crippen LogP contribution in [0, 0.1) is 0 Å². The molecule has 0 bridgehead atoms. The van der Waals surface area contributed by atoms with Gasteiger partial charge in [-0.1, -0.05) is 154 Å². The number of aryl methyl sites for hydroxylation is 2. The van der Waals surface area contributed by atoms with Gasteiger partial charge < -0.3 is 9.05 Å². The van der Waals surface area contributed by atoms with E-state index in [0.29, 0.717) is 11.5 Å². The van der Waals surface area contributed by atoms with Crippen LogP contribution in [-0.4, -0.2) is 6.61 Å². The number of hydrogen-bond acceptors (Lipinski definition) is 4. The molecule has 0 radical (unpaired) electrons. The second kappa shape index (κ2) is 24.5. The highest BCUT2D eigenvalue weighted by Crippen LogP contribution is 2.49. The van der Waals surface area contributed by atoms with Gasteiger partial charge in [0.1, 0.15) is 11.5 Å². The topological polar surface area (TPSA) is 44.8 Å². The summed E-state index contributed by atoms with van der Waals surface area (Å²) in [6.45, 7) is 6.58. The normalized spacial score (nSPS) is 11.6. The van der Waals surface area contributed by atoms with Crippen molar-refractivity contribution in [1.29, 1.82) is 0 Å². The van der Waals surface area contributed by atoms with E-state index in [9.17, 15) is 4.57 Å². The predicted molar refractivity (Wildman–Crippen MR) is 184 cm³/mol. The van der Waals surface area contributed by atoms with E-state index in [1.165, 1.54) is 140 Å². The zero-order valence-electron chi connectivity index (χ0n) is 28.0. The standard InChI is InChI=1S/C38H63O4P/c1-4-7-9-11-13-15-17-19-21-23-25-35-27-31-37(32-28-35)41-43(39,40-6-3)42-38-33-29-36(30-34-38)26-24-22-20-18-16-14-12-10-8-5-2/h27-34H,4-26H2,1-3H3. The van der Waals surface area contributed by atoms with Crippen LogP contribution < -0.4 is 9.05 Å². The van der Waals surface area contributed by atoms with E-state index in [1.807, 2.05) is 24.3 Å². The molecule has 0 aliphatic heterocycles. The predicted octanol–water partition coefficient (Wildman–Crippen LogP) is 13.2. The van der Waals surface area contributed by atoms with Gasteiger partial charge in [0.25, 0.3) is 0 Å². The van der Waals surface area contributed by atoms with E-state index in [-0.39, 0.29) is 6.61 Å². The fourth-order valence-electron chi connectivity index (χ4n) is 5.55. The lowest BCUT2D eigenvalue weighted by Crippen LogP contribution is -2.05. The van der Waals surface area contributed by atoms with E-state index in [1.54, 1.807) is 6.92 Å². The molecule has 2 aromatic carbocycles. The van der Waals surface area contributed by atoms with E-state index in [2.05, 4.69) is 38.1 Å². The molecule has 0 spiro atoms. The lowest BCUT2D eigenvalue weighted by Gasteiger charge is -2.18. The van der Waals surface area contributed by atoms with Gasteiger partial charge in [-0.2, -0.15) is 0 Å². The number of hydrogen-bond donors (Lipinski definition) is 0. The largest absolute Gasteiger partial charge is 0.587 e. The van der Waals surface area contributed by atoms with Gasteiger partial charge in [0.2, 0.25) is 0 Å². The van der Waals surface area contributed by atoms with Crippen LogP contribution in [0.15, 0.2) is 48.5 Å². The summed E-state index contributed by atoms with van der Waals surface area (Å²) in [4.78, 5) is 0. The molecular formula is C38H63O4P. The van der Waals surface area contributed by atoms with Crippen molar-refractivity contribution in [2.45, 2.75) is 162 Å². The first-order valence-electron chi connectivity index (χ1n) is 17.9. The Labute approximate surface area is 265 Å². The Bertz CT molecular complexity index is 883. The Morgan fingerprint density at radius 2 is 0.744 bits per heavy atom. The van der Waals surface area contributed by atoms with Gasteiger partial charge in [0.05, 0.1) is 6.61 Å². The summed E-state index contributed by atoms with van der Waals surface area (Å²) in [7, 11) is -3.79. The maximum absolute atomic E-state index is 13.4. The second-order valence-electron chi connectivity index (χ2n) is 12.2. The summed E-state index contributed by atoms with van der Waals surface area (Å²) < 4.78 is 30.5. The third-order valence-electron chi connectivity index (χ3n) is 8.21. The van der Waals surface area contributed by atoms with Crippen LogP contribution in [0.2, 0.25) is 0 Å². The van der Waals surface area contributed by atoms with Gasteiger partial charge in [-0.05, 0) is 68.0 Å². The summed E-state index contributed by atoms with van der Waals surface area (Å²) in [5, 5.41) is 0. The molecule has 0 saturated heterocycles. The fourth-order valence-corrected chi connectivity index (χ4v) is 6.77. The average Bonchev–Trinajstić information content (AvgIpc) is 3.01. The molecular weight excluding hydrogens is 551 g/mol. The highest BCUT2D eigenvalue weighted by molar-refractivity contribution is 7.49. The Morgan fingerprint density at radius 1 is 0.442 bits per heavy atom. The zero-order valence-corrected chi connectivity index (χ0v) is 28.9. The molecule has 5 heteroatoms. The lowest BCUT2D eigenvalue weighted by molar-refractivity contribution is 0.219. The Kier molecular flexibility index (Phi) is 21.4. The van der Waals surface area contributed by atoms with Crippen molar-refractivity contribution in [3.8, 4) is 11.5 Å². The van der Waals surface area contributed by atoms with Crippen molar-refractivity contribution >= 4 is 7.82 Å². The number of phosphoric ester groups is 1. The van der Waals surface area contributed by atoms with Crippen LogP contribution in [0.4, 0.5) is 0 Å². The van der Waals surface area contributed by atoms with Gasteiger partial charge in [0, 0.05) is 0 Å². The van der Waals surface area contributed by atoms with Crippen LogP contribution in [0.25, 0.3) is 0 Å². The lowest BCUT2D eigenvalue weighted by atomic mass is 10.0. The molecule has 2 rings (SSSR count). The number of rotatable bonds is 28. The molecule has 0 saturated carbocycles. The van der Waals surface area contributed by atoms with Gasteiger partial charge >= 0.3 is 7.82 Å². The van der Waals surface area contributed by atoms with Crippen LogP contribution in [0.1, 0.15) is 160 Å². The molecule has 2 aromatic rings. The zero-order chi connectivity index (χ0) is 30.9. The van der Waals surface area contributed by atoms with Gasteiger partial charge in [-0.25, -0.2) is 4.57 Å². The highest BCUT2D eigenvalue weighted by atomic mass is 31.2. The minimum absolute atomic E-state index is 0.241. The molecule has 4 nitrogen and oxygen atoms in total. The quantitative estimate of drug-likeness (QED) is 0.0706. The molecule has 0 aliphatic rings. The van der Waals surface area contributed by atoms with Gasteiger partial charge in [-0.3, -0.25) is 4.52 Å². The molecule has 0 fully saturated rings. The maximum atomic E-state index is 13.4. The Balaban J connectivity index is 1.67. The molecule has 0 atom stereocenters. The summed E-state index contributed by atoms with van der Waals surface area (Å²) in [5.74, 6) is 1.00. The third-order valence-corrected chi connectivity index (χ3v) is 9.65. The minimum atomic E-state index is -3.79. The average molecular weight is 615 g/mol. The van der Waals surface area contributed by atoms with Crippen molar-refractivity contribution in [3.05, 3.63) is 59.7 Å². The third kappa shape index (κ3) is 18.6. The molecule has 43 heavy (non-hydrogen) atoms. The smallest absolute Gasteiger partial charge is 0.395 e. The fraction of sp³-hybridized carbons (Fsp3) is 0.684. The molecule has 0 unspecified atom stereocenters. The van der Waals surface area contributed by atoms with E-state index < -0.39 is 7.82 Å². The molecule has 0 aliphatic carbocycles. The molecule has 0 aromatic heterocycles. The van der Waals surface area contributed by atoms with Crippen LogP contribution in [0.5, 0.6) is 11.5 Å². The van der Waals surface area contributed by atoms with Crippen molar-refractivity contribution in [2.24, 2.45) is 0 Å². The van der Waals surface area contributed by atoms with Gasteiger partial charge in [-0.15, -0.1) is 0 Å². The van der Waals surface area contributed by atoms with E-state index in [0.717, 1.165) is 12.8 Å². The summed E-state index contributed by atoms with van der Waals surface area (Å²) >= 11 is 0. The van der Waals surface area contributed by atoms with E-state index >= 15 is 0 Å². The summed E-state index contributed by atoms with van der Waals surface area (Å²) in [5.41, 5.74) is 2.55. The monoisotopic (exact) mass is 614 g/mol. The number of phosphoric acid groups is 1. The number of unbranched alkanes of at least 4 members (excludes halogenated alkanes) is 18. The maximum Gasteiger partial charge on any atom is 0.587 e. The Hall–Kier alpha value is -1.77.